The Morgan fingerprint density at radius 2 is 1.76 bits per heavy atom. The number of nitrogens with zero attached hydrogens (tertiary/aromatic N) is 1. The Morgan fingerprint density at radius 1 is 1.24 bits per heavy atom. The molecule has 0 N–H and O–H groups in total. The first-order valence-electron chi connectivity index (χ1n) is 5.97. The molecule has 0 radical (unpaired) electrons. The second-order valence-corrected chi connectivity index (χ2v) is 4.19. The van der Waals surface area contributed by atoms with Gasteiger partial charge in [0, 0.05) is 0 Å². The van der Waals surface area contributed by atoms with Crippen molar-refractivity contribution in [2.24, 2.45) is 0 Å². The molecular weight excluding hydrogens is 214 g/mol. The highest BCUT2D eigenvalue weighted by Crippen LogP contribution is 2.17. The summed E-state index contributed by atoms with van der Waals surface area (Å²) in [5.41, 5.74) is 1.75. The lowest BCUT2D eigenvalue weighted by molar-refractivity contribution is -0.839. The smallest absolute Gasteiger partial charge is 0.162 e. The molecule has 3 heteroatoms. The van der Waals surface area contributed by atoms with Gasteiger partial charge in [0.15, 0.2) is 6.61 Å². The Morgan fingerprint density at radius 3 is 2.24 bits per heavy atom. The van der Waals surface area contributed by atoms with E-state index in [-0.39, 0.29) is 11.3 Å². The number of likely N-dealkylation sites (N-methyl/N-ethyl adjacent to an activating group) is 1. The molecule has 0 unspecified atom stereocenters. The summed E-state index contributed by atoms with van der Waals surface area (Å²) in [6.07, 6.45) is 0. The van der Waals surface area contributed by atoms with E-state index in [1.165, 1.54) is 5.56 Å². The fourth-order valence-electron chi connectivity index (χ4n) is 1.59. The van der Waals surface area contributed by atoms with Crippen molar-refractivity contribution in [3.05, 3.63) is 47.3 Å². The minimum Gasteiger partial charge on any atom is -0.628 e. The van der Waals surface area contributed by atoms with Gasteiger partial charge in [-0.2, -0.15) is 0 Å². The third-order valence-electron chi connectivity index (χ3n) is 3.02. The van der Waals surface area contributed by atoms with Gasteiger partial charge in [-0.1, -0.05) is 17.7 Å². The number of hydroxylamine groups is 3. The third-order valence-corrected chi connectivity index (χ3v) is 3.02. The summed E-state index contributed by atoms with van der Waals surface area (Å²) in [5, 5.41) is 12.2. The molecule has 94 valence electrons. The van der Waals surface area contributed by atoms with Crippen LogP contribution in [-0.2, 0) is 0 Å². The first-order valence-corrected chi connectivity index (χ1v) is 5.97. The van der Waals surface area contributed by atoms with Crippen molar-refractivity contribution in [3.8, 4) is 5.75 Å². The van der Waals surface area contributed by atoms with Crippen molar-refractivity contribution in [2.75, 3.05) is 19.7 Å². The summed E-state index contributed by atoms with van der Waals surface area (Å²) in [7, 11) is 0. The SMILES string of the molecule is C=C(COc1ccc(C)cc1)[N+]([O-])(CC)CC. The summed E-state index contributed by atoms with van der Waals surface area (Å²) in [4.78, 5) is 0. The van der Waals surface area contributed by atoms with E-state index >= 15 is 0 Å². The van der Waals surface area contributed by atoms with Crippen LogP contribution in [0.5, 0.6) is 5.75 Å². The number of hydrogen-bond acceptors (Lipinski definition) is 2. The lowest BCUT2D eigenvalue weighted by atomic mass is 10.2. The molecule has 0 saturated carbocycles. The number of rotatable bonds is 6. The quantitative estimate of drug-likeness (QED) is 0.560. The van der Waals surface area contributed by atoms with Gasteiger partial charge in [0.2, 0.25) is 0 Å². The van der Waals surface area contributed by atoms with Gasteiger partial charge in [-0.25, -0.2) is 0 Å². The number of hydrogen-bond donors (Lipinski definition) is 0. The molecule has 1 aromatic carbocycles. The molecule has 0 aromatic heterocycles. The van der Waals surface area contributed by atoms with Gasteiger partial charge in [0.25, 0.3) is 0 Å². The molecule has 0 saturated heterocycles. The summed E-state index contributed by atoms with van der Waals surface area (Å²) in [6, 6.07) is 7.77. The zero-order valence-corrected chi connectivity index (χ0v) is 10.9. The van der Waals surface area contributed by atoms with Gasteiger partial charge in [-0.15, -0.1) is 0 Å². The van der Waals surface area contributed by atoms with Crippen molar-refractivity contribution in [1.29, 1.82) is 0 Å². The summed E-state index contributed by atoms with van der Waals surface area (Å²) < 4.78 is 5.17. The van der Waals surface area contributed by atoms with Crippen molar-refractivity contribution < 1.29 is 9.38 Å². The minimum absolute atomic E-state index is 0.272. The van der Waals surface area contributed by atoms with Crippen LogP contribution in [0.3, 0.4) is 0 Å². The number of benzene rings is 1. The molecule has 0 fully saturated rings. The highest BCUT2D eigenvalue weighted by molar-refractivity contribution is 5.26. The van der Waals surface area contributed by atoms with Crippen LogP contribution in [0.25, 0.3) is 0 Å². The van der Waals surface area contributed by atoms with Crippen LogP contribution in [0, 0.1) is 12.1 Å². The molecule has 3 nitrogen and oxygen atoms in total. The van der Waals surface area contributed by atoms with Crippen LogP contribution in [0.1, 0.15) is 19.4 Å². The molecular formula is C14H21NO2. The first kappa shape index (κ1) is 13.7. The average molecular weight is 235 g/mol. The molecule has 0 spiro atoms. The molecule has 0 heterocycles. The largest absolute Gasteiger partial charge is 0.628 e. The van der Waals surface area contributed by atoms with Crippen molar-refractivity contribution >= 4 is 0 Å². The lowest BCUT2D eigenvalue weighted by Gasteiger charge is -2.41. The van der Waals surface area contributed by atoms with Crippen LogP contribution in [-0.4, -0.2) is 24.3 Å². The molecule has 0 aliphatic carbocycles. The standard InChI is InChI=1S/C14H21NO2/c1-5-15(16,6-2)13(4)11-17-14-9-7-12(3)8-10-14/h7-10H,4-6,11H2,1-3H3. The van der Waals surface area contributed by atoms with E-state index in [2.05, 4.69) is 6.58 Å². The Kier molecular flexibility index (Phi) is 4.73. The summed E-state index contributed by atoms with van der Waals surface area (Å²) in [6.45, 7) is 10.9. The maximum Gasteiger partial charge on any atom is 0.162 e. The van der Waals surface area contributed by atoms with Gasteiger partial charge in [0.1, 0.15) is 11.4 Å². The maximum atomic E-state index is 12.2. The Hall–Kier alpha value is -1.32. The molecule has 1 aromatic rings. The number of quaternary nitrogens is 1. The highest BCUT2D eigenvalue weighted by Gasteiger charge is 2.17. The zero-order chi connectivity index (χ0) is 12.9. The topological polar surface area (TPSA) is 32.3 Å². The molecule has 17 heavy (non-hydrogen) atoms. The average Bonchev–Trinajstić information content (AvgIpc) is 2.36. The van der Waals surface area contributed by atoms with Gasteiger partial charge < -0.3 is 14.6 Å². The fraction of sp³-hybridized carbons (Fsp3) is 0.429. The monoisotopic (exact) mass is 235 g/mol. The maximum absolute atomic E-state index is 12.2. The molecule has 0 aliphatic rings. The predicted molar refractivity (Wildman–Crippen MR) is 70.5 cm³/mol. The van der Waals surface area contributed by atoms with Crippen molar-refractivity contribution in [2.45, 2.75) is 20.8 Å². The molecule has 1 rings (SSSR count). The molecule has 0 amide bonds. The van der Waals surface area contributed by atoms with Crippen LogP contribution >= 0.6 is 0 Å². The van der Waals surface area contributed by atoms with Crippen LogP contribution < -0.4 is 4.74 Å². The molecule has 0 aliphatic heterocycles. The molecule has 0 atom stereocenters. The van der Waals surface area contributed by atoms with E-state index in [1.807, 2.05) is 45.0 Å². The van der Waals surface area contributed by atoms with E-state index in [4.69, 9.17) is 4.74 Å². The fourth-order valence-corrected chi connectivity index (χ4v) is 1.59. The van der Waals surface area contributed by atoms with E-state index in [0.717, 1.165) is 5.75 Å². The van der Waals surface area contributed by atoms with Crippen LogP contribution in [0.4, 0.5) is 0 Å². The van der Waals surface area contributed by atoms with E-state index in [0.29, 0.717) is 18.8 Å². The Bertz CT molecular complexity index is 366. The lowest BCUT2D eigenvalue weighted by Crippen LogP contribution is -2.42. The van der Waals surface area contributed by atoms with Crippen molar-refractivity contribution in [1.82, 2.24) is 0 Å². The third kappa shape index (κ3) is 3.58. The zero-order valence-electron chi connectivity index (χ0n) is 10.9. The second-order valence-electron chi connectivity index (χ2n) is 4.19. The van der Waals surface area contributed by atoms with Gasteiger partial charge in [0.05, 0.1) is 13.1 Å². The second kappa shape index (κ2) is 5.84. The Labute approximate surface area is 103 Å². The predicted octanol–water partition coefficient (Wildman–Crippen LogP) is 3.24. The van der Waals surface area contributed by atoms with Crippen molar-refractivity contribution in [3.63, 3.8) is 0 Å². The van der Waals surface area contributed by atoms with E-state index in [1.54, 1.807) is 0 Å². The van der Waals surface area contributed by atoms with E-state index in [9.17, 15) is 5.21 Å². The van der Waals surface area contributed by atoms with Gasteiger partial charge in [-0.3, -0.25) is 0 Å². The van der Waals surface area contributed by atoms with Crippen LogP contribution in [0.15, 0.2) is 36.5 Å². The number of aryl methyl sites for hydroxylation is 1. The van der Waals surface area contributed by atoms with Gasteiger partial charge >= 0.3 is 0 Å². The molecule has 0 bridgehead atoms. The minimum atomic E-state index is -0.383. The Balaban J connectivity index is 2.56. The van der Waals surface area contributed by atoms with Crippen LogP contribution in [0.2, 0.25) is 0 Å². The first-order chi connectivity index (χ1) is 8.01. The highest BCUT2D eigenvalue weighted by atomic mass is 16.6. The van der Waals surface area contributed by atoms with Gasteiger partial charge in [-0.05, 0) is 39.5 Å². The normalized spacial score (nSPS) is 11.3. The van der Waals surface area contributed by atoms with E-state index < -0.39 is 0 Å². The summed E-state index contributed by atoms with van der Waals surface area (Å²) >= 11 is 0. The summed E-state index contributed by atoms with van der Waals surface area (Å²) in [5.74, 6) is 0.774. The number of ether oxygens (including phenoxy) is 1.